The first-order chi connectivity index (χ1) is 12.6. The second-order valence-corrected chi connectivity index (χ2v) is 6.56. The molecule has 4 heteroatoms. The number of phenols is 2. The fraction of sp³-hybridized carbons (Fsp3) is 0.364. The number of carbonyl (C=O) groups excluding carboxylic acids is 2. The number of rotatable bonds is 11. The molecule has 0 spiro atoms. The minimum atomic E-state index is 0.115. The summed E-state index contributed by atoms with van der Waals surface area (Å²) >= 11 is 0. The van der Waals surface area contributed by atoms with Gasteiger partial charge in [0.1, 0.15) is 11.5 Å². The minimum absolute atomic E-state index is 0.115. The number of Topliss-reactive ketones (excluding diaryl/α,β-unsaturated/α-hetero) is 2. The van der Waals surface area contributed by atoms with E-state index in [0.717, 1.165) is 38.5 Å². The molecule has 0 saturated heterocycles. The Bertz CT molecular complexity index is 638. The van der Waals surface area contributed by atoms with Crippen molar-refractivity contribution in [3.05, 3.63) is 59.7 Å². The zero-order valence-corrected chi connectivity index (χ0v) is 15.0. The monoisotopic (exact) mass is 354 g/mol. The molecule has 0 aliphatic rings. The molecule has 0 atom stereocenters. The lowest BCUT2D eigenvalue weighted by molar-refractivity contribution is 0.0969. The van der Waals surface area contributed by atoms with Crippen molar-refractivity contribution >= 4 is 11.6 Å². The van der Waals surface area contributed by atoms with E-state index in [9.17, 15) is 19.8 Å². The fourth-order valence-corrected chi connectivity index (χ4v) is 2.86. The van der Waals surface area contributed by atoms with Gasteiger partial charge in [0.05, 0.1) is 0 Å². The van der Waals surface area contributed by atoms with Crippen LogP contribution in [-0.4, -0.2) is 21.8 Å². The van der Waals surface area contributed by atoms with E-state index >= 15 is 0 Å². The van der Waals surface area contributed by atoms with Crippen molar-refractivity contribution in [2.75, 3.05) is 0 Å². The van der Waals surface area contributed by atoms with Gasteiger partial charge < -0.3 is 10.2 Å². The van der Waals surface area contributed by atoms with Gasteiger partial charge in [-0.3, -0.25) is 9.59 Å². The van der Waals surface area contributed by atoms with Crippen LogP contribution in [0.1, 0.15) is 72.1 Å². The van der Waals surface area contributed by atoms with Gasteiger partial charge in [-0.25, -0.2) is 0 Å². The quantitative estimate of drug-likeness (QED) is 0.425. The standard InChI is InChI=1S/C22H26O4/c23-19-13-9-17(10-14-19)21(25)7-5-3-1-2-4-6-8-22(26)18-11-15-20(24)16-12-18/h9-16,23-24H,1-8H2. The van der Waals surface area contributed by atoms with Crippen molar-refractivity contribution in [2.45, 2.75) is 51.4 Å². The van der Waals surface area contributed by atoms with Crippen LogP contribution in [0.2, 0.25) is 0 Å². The summed E-state index contributed by atoms with van der Waals surface area (Å²) in [6, 6.07) is 12.8. The molecule has 0 heterocycles. The molecule has 138 valence electrons. The van der Waals surface area contributed by atoms with Gasteiger partial charge >= 0.3 is 0 Å². The zero-order valence-electron chi connectivity index (χ0n) is 15.0. The predicted octanol–water partition coefficient (Wildman–Crippen LogP) is 5.28. The Labute approximate surface area is 154 Å². The van der Waals surface area contributed by atoms with E-state index in [1.807, 2.05) is 0 Å². The first kappa shape index (κ1) is 19.7. The second kappa shape index (κ2) is 10.4. The van der Waals surface area contributed by atoms with E-state index in [1.54, 1.807) is 24.3 Å². The number of unbranched alkanes of at least 4 members (excludes halogenated alkanes) is 5. The molecular formula is C22H26O4. The first-order valence-corrected chi connectivity index (χ1v) is 9.21. The normalized spacial score (nSPS) is 10.6. The van der Waals surface area contributed by atoms with Crippen LogP contribution in [0.4, 0.5) is 0 Å². The molecule has 0 fully saturated rings. The van der Waals surface area contributed by atoms with Crippen LogP contribution < -0.4 is 0 Å². The topological polar surface area (TPSA) is 74.6 Å². The van der Waals surface area contributed by atoms with Crippen molar-refractivity contribution in [1.82, 2.24) is 0 Å². The third kappa shape index (κ3) is 6.71. The number of benzene rings is 2. The minimum Gasteiger partial charge on any atom is -0.508 e. The molecule has 0 bridgehead atoms. The Morgan fingerprint density at radius 2 is 0.846 bits per heavy atom. The van der Waals surface area contributed by atoms with Crippen molar-refractivity contribution in [3.8, 4) is 11.5 Å². The lowest BCUT2D eigenvalue weighted by Crippen LogP contribution is -1.99. The summed E-state index contributed by atoms with van der Waals surface area (Å²) in [4.78, 5) is 24.0. The summed E-state index contributed by atoms with van der Waals surface area (Å²) in [5.74, 6) is 0.574. The lowest BCUT2D eigenvalue weighted by Gasteiger charge is -2.03. The van der Waals surface area contributed by atoms with Crippen molar-refractivity contribution < 1.29 is 19.8 Å². The molecule has 4 nitrogen and oxygen atoms in total. The average molecular weight is 354 g/mol. The van der Waals surface area contributed by atoms with Gasteiger partial charge in [0.25, 0.3) is 0 Å². The maximum Gasteiger partial charge on any atom is 0.162 e. The van der Waals surface area contributed by atoms with E-state index in [-0.39, 0.29) is 23.1 Å². The molecule has 0 aliphatic carbocycles. The highest BCUT2D eigenvalue weighted by Gasteiger charge is 2.06. The summed E-state index contributed by atoms with van der Waals surface area (Å²) in [6.07, 6.45) is 6.95. The van der Waals surface area contributed by atoms with E-state index in [0.29, 0.717) is 24.0 Å². The van der Waals surface area contributed by atoms with Crippen LogP contribution in [0.3, 0.4) is 0 Å². The van der Waals surface area contributed by atoms with Crippen molar-refractivity contribution in [2.24, 2.45) is 0 Å². The molecule has 0 unspecified atom stereocenters. The zero-order chi connectivity index (χ0) is 18.8. The van der Waals surface area contributed by atoms with E-state index in [1.165, 1.54) is 24.3 Å². The Kier molecular flexibility index (Phi) is 7.87. The predicted molar refractivity (Wildman–Crippen MR) is 102 cm³/mol. The Balaban J connectivity index is 1.51. The van der Waals surface area contributed by atoms with Gasteiger partial charge in [-0.2, -0.15) is 0 Å². The molecule has 0 aliphatic heterocycles. The summed E-state index contributed by atoms with van der Waals surface area (Å²) in [7, 11) is 0. The molecule has 0 radical (unpaired) electrons. The number of hydrogen-bond donors (Lipinski definition) is 2. The molecule has 2 rings (SSSR count). The smallest absolute Gasteiger partial charge is 0.162 e. The van der Waals surface area contributed by atoms with Gasteiger partial charge in [-0.05, 0) is 61.4 Å². The van der Waals surface area contributed by atoms with E-state index in [2.05, 4.69) is 0 Å². The van der Waals surface area contributed by atoms with Gasteiger partial charge in [0.15, 0.2) is 11.6 Å². The highest BCUT2D eigenvalue weighted by molar-refractivity contribution is 5.96. The molecule has 0 amide bonds. The van der Waals surface area contributed by atoms with Crippen LogP contribution in [0.25, 0.3) is 0 Å². The third-order valence-electron chi connectivity index (χ3n) is 4.44. The molecular weight excluding hydrogens is 328 g/mol. The van der Waals surface area contributed by atoms with Crippen LogP contribution in [0.5, 0.6) is 11.5 Å². The molecule has 2 aromatic rings. The number of hydrogen-bond acceptors (Lipinski definition) is 4. The molecule has 2 aromatic carbocycles. The van der Waals surface area contributed by atoms with Crippen LogP contribution in [-0.2, 0) is 0 Å². The average Bonchev–Trinajstić information content (AvgIpc) is 2.64. The summed E-state index contributed by atoms with van der Waals surface area (Å²) in [6.45, 7) is 0. The SMILES string of the molecule is O=C(CCCCCCCCC(=O)c1ccc(O)cc1)c1ccc(O)cc1. The fourth-order valence-electron chi connectivity index (χ4n) is 2.86. The third-order valence-corrected chi connectivity index (χ3v) is 4.44. The Hall–Kier alpha value is -2.62. The van der Waals surface area contributed by atoms with E-state index in [4.69, 9.17) is 0 Å². The van der Waals surface area contributed by atoms with Crippen LogP contribution in [0.15, 0.2) is 48.5 Å². The molecule has 0 saturated carbocycles. The van der Waals surface area contributed by atoms with E-state index < -0.39 is 0 Å². The van der Waals surface area contributed by atoms with Crippen molar-refractivity contribution in [3.63, 3.8) is 0 Å². The van der Waals surface area contributed by atoms with Crippen molar-refractivity contribution in [1.29, 1.82) is 0 Å². The van der Waals surface area contributed by atoms with Gasteiger partial charge in [-0.15, -0.1) is 0 Å². The van der Waals surface area contributed by atoms with Crippen LogP contribution >= 0.6 is 0 Å². The van der Waals surface area contributed by atoms with Gasteiger partial charge in [-0.1, -0.05) is 25.7 Å². The summed E-state index contributed by atoms with van der Waals surface area (Å²) in [5, 5.41) is 18.4. The first-order valence-electron chi connectivity index (χ1n) is 9.21. The number of aromatic hydroxyl groups is 2. The summed E-state index contributed by atoms with van der Waals surface area (Å²) < 4.78 is 0. The molecule has 0 aromatic heterocycles. The lowest BCUT2D eigenvalue weighted by atomic mass is 10.0. The Morgan fingerprint density at radius 1 is 0.538 bits per heavy atom. The largest absolute Gasteiger partial charge is 0.508 e. The maximum absolute atomic E-state index is 12.0. The number of ketones is 2. The number of phenolic OH excluding ortho intramolecular Hbond substituents is 2. The number of carbonyl (C=O) groups is 2. The van der Waals surface area contributed by atoms with Crippen LogP contribution in [0, 0.1) is 0 Å². The summed E-state index contributed by atoms with van der Waals surface area (Å²) in [5.41, 5.74) is 1.30. The van der Waals surface area contributed by atoms with Gasteiger partial charge in [0, 0.05) is 24.0 Å². The highest BCUT2D eigenvalue weighted by Crippen LogP contribution is 2.16. The molecule has 2 N–H and O–H groups in total. The molecule has 26 heavy (non-hydrogen) atoms. The second-order valence-electron chi connectivity index (χ2n) is 6.56. The Morgan fingerprint density at radius 3 is 1.19 bits per heavy atom. The van der Waals surface area contributed by atoms with Gasteiger partial charge in [0.2, 0.25) is 0 Å². The highest BCUT2D eigenvalue weighted by atomic mass is 16.3. The maximum atomic E-state index is 12.0.